The van der Waals surface area contributed by atoms with Crippen LogP contribution in [0.15, 0.2) is 30.6 Å². The molecule has 2 aliphatic carbocycles. The lowest BCUT2D eigenvalue weighted by Crippen LogP contribution is -2.34. The molecule has 37 heavy (non-hydrogen) atoms. The second kappa shape index (κ2) is 9.98. The smallest absolute Gasteiger partial charge is 0.320 e. The molecule has 0 aliphatic heterocycles. The van der Waals surface area contributed by atoms with Crippen molar-refractivity contribution in [1.82, 2.24) is 14.5 Å². The summed E-state index contributed by atoms with van der Waals surface area (Å²) in [6.45, 7) is 5.78. The molecule has 0 saturated heterocycles. The topological polar surface area (TPSA) is 30.7 Å². The summed E-state index contributed by atoms with van der Waals surface area (Å²) in [5, 5.41) is 1.51. The van der Waals surface area contributed by atoms with Crippen LogP contribution in [0.4, 0.5) is 13.2 Å². The molecule has 3 heterocycles. The molecular formula is C30H33ClF3N3. The predicted octanol–water partition coefficient (Wildman–Crippen LogP) is 8.79. The number of aromatic nitrogens is 3. The number of hydrogen-bond acceptors (Lipinski definition) is 2. The third-order valence-corrected chi connectivity index (χ3v) is 8.75. The van der Waals surface area contributed by atoms with E-state index in [1.807, 2.05) is 31.3 Å². The minimum atomic E-state index is -4.14. The van der Waals surface area contributed by atoms with E-state index in [0.29, 0.717) is 17.5 Å². The number of pyridine rings is 2. The Morgan fingerprint density at radius 2 is 1.92 bits per heavy atom. The molecule has 2 saturated carbocycles. The number of fused-ring (bicyclic) bond motifs is 1. The van der Waals surface area contributed by atoms with Gasteiger partial charge in [0.05, 0.1) is 27.4 Å². The normalized spacial score (nSPS) is 18.7. The highest BCUT2D eigenvalue weighted by molar-refractivity contribution is 6.31. The van der Waals surface area contributed by atoms with Gasteiger partial charge in [-0.2, -0.15) is 13.2 Å². The monoisotopic (exact) mass is 527 g/mol. The van der Waals surface area contributed by atoms with Crippen molar-refractivity contribution >= 4 is 22.6 Å². The zero-order valence-electron chi connectivity index (χ0n) is 21.6. The largest absolute Gasteiger partial charge is 0.394 e. The van der Waals surface area contributed by atoms with Crippen LogP contribution >= 0.6 is 11.6 Å². The van der Waals surface area contributed by atoms with Gasteiger partial charge in [-0.1, -0.05) is 50.3 Å². The van der Waals surface area contributed by atoms with E-state index in [1.165, 1.54) is 6.42 Å². The average Bonchev–Trinajstić information content (AvgIpc) is 3.59. The first-order valence-electron chi connectivity index (χ1n) is 13.4. The summed E-state index contributed by atoms with van der Waals surface area (Å²) < 4.78 is 43.2. The predicted molar refractivity (Wildman–Crippen MR) is 142 cm³/mol. The Bertz CT molecular complexity index is 1340. The lowest BCUT2D eigenvalue weighted by Gasteiger charge is -2.31. The third-order valence-electron chi connectivity index (χ3n) is 8.54. The highest BCUT2D eigenvalue weighted by Gasteiger charge is 2.66. The second-order valence-corrected chi connectivity index (χ2v) is 11.4. The van der Waals surface area contributed by atoms with Gasteiger partial charge in [0.2, 0.25) is 0 Å². The lowest BCUT2D eigenvalue weighted by atomic mass is 9.78. The summed E-state index contributed by atoms with van der Waals surface area (Å²) in [6.07, 6.45) is 5.52. The Balaban J connectivity index is 1.50. The van der Waals surface area contributed by atoms with Gasteiger partial charge in [-0.25, -0.2) is 4.98 Å². The maximum atomic E-state index is 13.6. The molecule has 0 radical (unpaired) electrons. The lowest BCUT2D eigenvalue weighted by molar-refractivity contribution is -0.205. The van der Waals surface area contributed by atoms with Gasteiger partial charge in [-0.3, -0.25) is 4.98 Å². The molecule has 0 aromatic carbocycles. The van der Waals surface area contributed by atoms with Crippen molar-refractivity contribution in [2.45, 2.75) is 84.4 Å². The standard InChI is InChI=1S/C30H33ClF3N3/c1-4-5-6-10-24-25-16-22(31)18-36-28(25)37(23-8-7-9-23)27(24)26-12-11-21(17-35-26)15-19(2)20(3)29(13-14-29)30(32,33)34/h11-12,16-20,23H,4-5,7-9,13-15H2,1-3H3. The van der Waals surface area contributed by atoms with Gasteiger partial charge in [0.25, 0.3) is 0 Å². The van der Waals surface area contributed by atoms with E-state index in [9.17, 15) is 13.2 Å². The number of nitrogens with zero attached hydrogens (tertiary/aromatic N) is 3. The highest BCUT2D eigenvalue weighted by Crippen LogP contribution is 2.64. The Hall–Kier alpha value is -2.52. The van der Waals surface area contributed by atoms with Crippen molar-refractivity contribution in [3.8, 4) is 23.2 Å². The molecular weight excluding hydrogens is 495 g/mol. The van der Waals surface area contributed by atoms with Crippen LogP contribution in [0.25, 0.3) is 22.4 Å². The molecule has 0 amide bonds. The molecule has 2 aliphatic rings. The summed E-state index contributed by atoms with van der Waals surface area (Å²) >= 11 is 6.34. The quantitative estimate of drug-likeness (QED) is 0.287. The molecule has 0 N–H and O–H groups in total. The van der Waals surface area contributed by atoms with Crippen LogP contribution in [0.3, 0.4) is 0 Å². The van der Waals surface area contributed by atoms with Gasteiger partial charge >= 0.3 is 6.18 Å². The molecule has 3 aromatic heterocycles. The van der Waals surface area contributed by atoms with E-state index in [2.05, 4.69) is 28.3 Å². The molecule has 7 heteroatoms. The number of unbranched alkanes of at least 4 members (excludes halogenated alkanes) is 1. The van der Waals surface area contributed by atoms with Gasteiger partial charge in [-0.05, 0) is 74.5 Å². The van der Waals surface area contributed by atoms with Gasteiger partial charge in [0.1, 0.15) is 5.65 Å². The summed E-state index contributed by atoms with van der Waals surface area (Å²) in [7, 11) is 0. The molecule has 2 unspecified atom stereocenters. The first-order valence-corrected chi connectivity index (χ1v) is 13.7. The minimum absolute atomic E-state index is 0.0972. The Morgan fingerprint density at radius 3 is 2.49 bits per heavy atom. The molecule has 0 spiro atoms. The molecule has 2 atom stereocenters. The number of hydrogen-bond donors (Lipinski definition) is 0. The molecule has 2 fully saturated rings. The molecule has 196 valence electrons. The van der Waals surface area contributed by atoms with E-state index in [0.717, 1.165) is 59.2 Å². The zero-order chi connectivity index (χ0) is 26.4. The summed E-state index contributed by atoms with van der Waals surface area (Å²) in [4.78, 5) is 9.51. The first-order chi connectivity index (χ1) is 17.7. The molecule has 3 nitrogen and oxygen atoms in total. The zero-order valence-corrected chi connectivity index (χ0v) is 22.4. The van der Waals surface area contributed by atoms with Gasteiger partial charge in [0, 0.05) is 30.2 Å². The Labute approximate surface area is 221 Å². The van der Waals surface area contributed by atoms with Crippen LogP contribution in [0, 0.1) is 29.1 Å². The fourth-order valence-electron chi connectivity index (χ4n) is 5.73. The maximum absolute atomic E-state index is 13.6. The maximum Gasteiger partial charge on any atom is 0.394 e. The van der Waals surface area contributed by atoms with Gasteiger partial charge in [0.15, 0.2) is 0 Å². The van der Waals surface area contributed by atoms with E-state index in [4.69, 9.17) is 16.6 Å². The minimum Gasteiger partial charge on any atom is -0.320 e. The van der Waals surface area contributed by atoms with Crippen LogP contribution in [-0.4, -0.2) is 20.7 Å². The molecule has 0 bridgehead atoms. The van der Waals surface area contributed by atoms with Crippen molar-refractivity contribution in [1.29, 1.82) is 0 Å². The van der Waals surface area contributed by atoms with E-state index >= 15 is 0 Å². The van der Waals surface area contributed by atoms with Crippen molar-refractivity contribution in [2.24, 2.45) is 17.3 Å². The first kappa shape index (κ1) is 26.1. The fourth-order valence-corrected chi connectivity index (χ4v) is 5.88. The van der Waals surface area contributed by atoms with E-state index < -0.39 is 17.5 Å². The van der Waals surface area contributed by atoms with Crippen molar-refractivity contribution in [3.63, 3.8) is 0 Å². The van der Waals surface area contributed by atoms with Crippen LogP contribution in [0.1, 0.15) is 82.9 Å². The molecule has 5 rings (SSSR count). The third kappa shape index (κ3) is 4.76. The van der Waals surface area contributed by atoms with Crippen molar-refractivity contribution in [2.75, 3.05) is 0 Å². The van der Waals surface area contributed by atoms with Crippen molar-refractivity contribution in [3.05, 3.63) is 46.7 Å². The number of rotatable bonds is 7. The number of alkyl halides is 3. The summed E-state index contributed by atoms with van der Waals surface area (Å²) in [6, 6.07) is 6.27. The van der Waals surface area contributed by atoms with Gasteiger partial charge < -0.3 is 4.57 Å². The average molecular weight is 528 g/mol. The SMILES string of the molecule is CCCC#Cc1c(-c2ccc(CC(C)C(C)C3(C(F)(F)F)CC3)cn2)n(C2CCC2)c2ncc(Cl)cc12. The second-order valence-electron chi connectivity index (χ2n) is 10.9. The summed E-state index contributed by atoms with van der Waals surface area (Å²) in [5.41, 5.74) is 2.98. The Morgan fingerprint density at radius 1 is 1.16 bits per heavy atom. The van der Waals surface area contributed by atoms with Crippen LogP contribution in [0.5, 0.6) is 0 Å². The van der Waals surface area contributed by atoms with Gasteiger partial charge in [-0.15, -0.1) is 0 Å². The molecule has 3 aromatic rings. The Kier molecular flexibility index (Phi) is 7.04. The highest BCUT2D eigenvalue weighted by atomic mass is 35.5. The van der Waals surface area contributed by atoms with Crippen LogP contribution < -0.4 is 0 Å². The number of halogens is 4. The van der Waals surface area contributed by atoms with Crippen molar-refractivity contribution < 1.29 is 13.2 Å². The van der Waals surface area contributed by atoms with Crippen LogP contribution in [-0.2, 0) is 6.42 Å². The van der Waals surface area contributed by atoms with Crippen LogP contribution in [0.2, 0.25) is 5.02 Å². The fraction of sp³-hybridized carbons (Fsp3) is 0.533. The van der Waals surface area contributed by atoms with E-state index in [-0.39, 0.29) is 18.8 Å². The summed E-state index contributed by atoms with van der Waals surface area (Å²) in [5.74, 6) is 6.16. The van der Waals surface area contributed by atoms with E-state index in [1.54, 1.807) is 13.1 Å².